The molecule has 0 spiro atoms. The molecule has 1 aliphatic rings. The largest absolute Gasteiger partial charge is 0.294 e. The lowest BCUT2D eigenvalue weighted by molar-refractivity contribution is 0.0988. The fraction of sp³-hybridized carbons (Fsp3) is 0.438. The highest BCUT2D eigenvalue weighted by Crippen LogP contribution is 2.18. The van der Waals surface area contributed by atoms with Gasteiger partial charge in [0.25, 0.3) is 0 Å². The van der Waals surface area contributed by atoms with Gasteiger partial charge in [0.2, 0.25) is 10.0 Å². The van der Waals surface area contributed by atoms with Crippen molar-refractivity contribution >= 4 is 15.8 Å². The number of allylic oxidation sites excluding steroid dienone is 2. The number of hydrogen-bond donors (Lipinski definition) is 1. The van der Waals surface area contributed by atoms with Crippen molar-refractivity contribution in [2.75, 3.05) is 6.54 Å². The third-order valence-electron chi connectivity index (χ3n) is 3.73. The van der Waals surface area contributed by atoms with E-state index in [0.717, 1.165) is 19.3 Å². The van der Waals surface area contributed by atoms with E-state index in [0.29, 0.717) is 24.4 Å². The second-order valence-electron chi connectivity index (χ2n) is 5.31. The summed E-state index contributed by atoms with van der Waals surface area (Å²) in [4.78, 5) is 11.8. The average molecular weight is 307 g/mol. The van der Waals surface area contributed by atoms with Crippen molar-refractivity contribution in [2.45, 2.75) is 37.5 Å². The van der Waals surface area contributed by atoms with Gasteiger partial charge >= 0.3 is 0 Å². The summed E-state index contributed by atoms with van der Waals surface area (Å²) in [7, 11) is -3.55. The highest BCUT2D eigenvalue weighted by Gasteiger charge is 2.18. The van der Waals surface area contributed by atoms with E-state index in [9.17, 15) is 13.2 Å². The number of hydrogen-bond acceptors (Lipinski definition) is 3. The van der Waals surface area contributed by atoms with E-state index < -0.39 is 10.0 Å². The Balaban J connectivity index is 2.08. The monoisotopic (exact) mass is 307 g/mol. The van der Waals surface area contributed by atoms with E-state index in [2.05, 4.69) is 16.9 Å². The van der Waals surface area contributed by atoms with Crippen LogP contribution in [0.3, 0.4) is 0 Å². The highest BCUT2D eigenvalue weighted by molar-refractivity contribution is 7.89. The van der Waals surface area contributed by atoms with Crippen LogP contribution in [0.15, 0.2) is 41.3 Å². The first-order chi connectivity index (χ1) is 10.0. The van der Waals surface area contributed by atoms with Crippen LogP contribution in [0.2, 0.25) is 0 Å². The van der Waals surface area contributed by atoms with Crippen LogP contribution in [-0.2, 0) is 10.0 Å². The first-order valence-electron chi connectivity index (χ1n) is 7.31. The quantitative estimate of drug-likeness (QED) is 0.649. The van der Waals surface area contributed by atoms with Crippen LogP contribution in [0.5, 0.6) is 0 Å². The second kappa shape index (κ2) is 7.00. The molecule has 0 radical (unpaired) electrons. The summed E-state index contributed by atoms with van der Waals surface area (Å²) in [6.07, 6.45) is 7.52. The van der Waals surface area contributed by atoms with E-state index in [1.54, 1.807) is 19.1 Å². The van der Waals surface area contributed by atoms with Gasteiger partial charge < -0.3 is 0 Å². The van der Waals surface area contributed by atoms with Crippen molar-refractivity contribution in [3.63, 3.8) is 0 Å². The molecule has 0 heterocycles. The Hall–Kier alpha value is -1.46. The molecular weight excluding hydrogens is 286 g/mol. The molecule has 1 aliphatic carbocycles. The molecule has 0 aliphatic heterocycles. The van der Waals surface area contributed by atoms with Crippen molar-refractivity contribution in [1.29, 1.82) is 0 Å². The third kappa shape index (κ3) is 4.25. The van der Waals surface area contributed by atoms with Gasteiger partial charge in [-0.15, -0.1) is 0 Å². The minimum absolute atomic E-state index is 0.0514. The molecule has 0 aromatic heterocycles. The fourth-order valence-corrected chi connectivity index (χ4v) is 3.56. The van der Waals surface area contributed by atoms with Gasteiger partial charge in [-0.05, 0) is 37.3 Å². The zero-order chi connectivity index (χ0) is 15.3. The van der Waals surface area contributed by atoms with Crippen molar-refractivity contribution in [3.05, 3.63) is 42.0 Å². The molecule has 114 valence electrons. The Morgan fingerprint density at radius 3 is 2.81 bits per heavy atom. The first-order valence-corrected chi connectivity index (χ1v) is 8.79. The SMILES string of the molecule is CCC(=O)c1cccc(S(=O)(=O)NCC2CC=CCC2)c1. The zero-order valence-corrected chi connectivity index (χ0v) is 13.0. The van der Waals surface area contributed by atoms with Crippen molar-refractivity contribution in [3.8, 4) is 0 Å². The van der Waals surface area contributed by atoms with Gasteiger partial charge in [-0.1, -0.05) is 31.2 Å². The molecule has 1 aromatic carbocycles. The Kier molecular flexibility index (Phi) is 5.31. The van der Waals surface area contributed by atoms with Gasteiger partial charge in [0.15, 0.2) is 5.78 Å². The average Bonchev–Trinajstić information content (AvgIpc) is 2.53. The number of carbonyl (C=O) groups excluding carboxylic acids is 1. The molecule has 1 N–H and O–H groups in total. The maximum absolute atomic E-state index is 12.3. The molecule has 0 saturated carbocycles. The topological polar surface area (TPSA) is 63.2 Å². The maximum Gasteiger partial charge on any atom is 0.240 e. The lowest BCUT2D eigenvalue weighted by Gasteiger charge is -2.18. The van der Waals surface area contributed by atoms with E-state index in [4.69, 9.17) is 0 Å². The standard InChI is InChI=1S/C16H21NO3S/c1-2-16(18)14-9-6-10-15(11-14)21(19,20)17-12-13-7-4-3-5-8-13/h3-4,6,9-11,13,17H,2,5,7-8,12H2,1H3. The molecule has 1 unspecified atom stereocenters. The van der Waals surface area contributed by atoms with Gasteiger partial charge in [0.1, 0.15) is 0 Å². The fourth-order valence-electron chi connectivity index (χ4n) is 2.39. The van der Waals surface area contributed by atoms with Gasteiger partial charge in [-0.25, -0.2) is 13.1 Å². The molecule has 1 atom stereocenters. The first kappa shape index (κ1) is 15.9. The van der Waals surface area contributed by atoms with Crippen LogP contribution in [0.25, 0.3) is 0 Å². The molecule has 0 amide bonds. The lowest BCUT2D eigenvalue weighted by Crippen LogP contribution is -2.30. The van der Waals surface area contributed by atoms with Crippen molar-refractivity contribution in [1.82, 2.24) is 4.72 Å². The molecule has 2 rings (SSSR count). The van der Waals surface area contributed by atoms with Crippen molar-refractivity contribution < 1.29 is 13.2 Å². The Morgan fingerprint density at radius 2 is 2.14 bits per heavy atom. The number of sulfonamides is 1. The molecule has 0 saturated heterocycles. The predicted molar refractivity (Wildman–Crippen MR) is 82.7 cm³/mol. The van der Waals surface area contributed by atoms with Gasteiger partial charge in [0.05, 0.1) is 4.90 Å². The Morgan fingerprint density at radius 1 is 1.33 bits per heavy atom. The summed E-state index contributed by atoms with van der Waals surface area (Å²) in [6, 6.07) is 6.24. The summed E-state index contributed by atoms with van der Waals surface area (Å²) in [6.45, 7) is 2.21. The number of rotatable bonds is 6. The smallest absolute Gasteiger partial charge is 0.240 e. The Bertz CT molecular complexity index is 635. The highest BCUT2D eigenvalue weighted by atomic mass is 32.2. The number of benzene rings is 1. The normalized spacial score (nSPS) is 18.6. The summed E-state index contributed by atoms with van der Waals surface area (Å²) in [5, 5.41) is 0. The van der Waals surface area contributed by atoms with Crippen LogP contribution >= 0.6 is 0 Å². The number of carbonyl (C=O) groups is 1. The minimum Gasteiger partial charge on any atom is -0.294 e. The van der Waals surface area contributed by atoms with Crippen LogP contribution in [0.4, 0.5) is 0 Å². The van der Waals surface area contributed by atoms with Crippen LogP contribution in [0.1, 0.15) is 43.0 Å². The maximum atomic E-state index is 12.3. The second-order valence-corrected chi connectivity index (χ2v) is 7.07. The van der Waals surface area contributed by atoms with Gasteiger partial charge in [-0.2, -0.15) is 0 Å². The minimum atomic E-state index is -3.55. The van der Waals surface area contributed by atoms with E-state index in [1.807, 2.05) is 0 Å². The summed E-state index contributed by atoms with van der Waals surface area (Å²) in [5.74, 6) is 0.301. The van der Waals surface area contributed by atoms with Crippen LogP contribution in [0, 0.1) is 5.92 Å². The molecular formula is C16H21NO3S. The number of ketones is 1. The van der Waals surface area contributed by atoms with Crippen molar-refractivity contribution in [2.24, 2.45) is 5.92 Å². The van der Waals surface area contributed by atoms with E-state index in [-0.39, 0.29) is 10.7 Å². The molecule has 1 aromatic rings. The molecule has 0 fully saturated rings. The van der Waals surface area contributed by atoms with Crippen LogP contribution in [-0.4, -0.2) is 20.7 Å². The lowest BCUT2D eigenvalue weighted by atomic mass is 9.95. The molecule has 4 nitrogen and oxygen atoms in total. The van der Waals surface area contributed by atoms with E-state index >= 15 is 0 Å². The molecule has 0 bridgehead atoms. The van der Waals surface area contributed by atoms with E-state index in [1.165, 1.54) is 12.1 Å². The number of nitrogens with one attached hydrogen (secondary N) is 1. The number of Topliss-reactive ketones (excluding diaryl/α,β-unsaturated/α-hetero) is 1. The third-order valence-corrected chi connectivity index (χ3v) is 5.15. The molecule has 5 heteroatoms. The summed E-state index contributed by atoms with van der Waals surface area (Å²) < 4.78 is 27.3. The zero-order valence-electron chi connectivity index (χ0n) is 12.2. The van der Waals surface area contributed by atoms with Crippen LogP contribution < -0.4 is 4.72 Å². The Labute approximate surface area is 126 Å². The predicted octanol–water partition coefficient (Wildman–Crippen LogP) is 2.91. The molecule has 21 heavy (non-hydrogen) atoms. The summed E-state index contributed by atoms with van der Waals surface area (Å²) in [5.41, 5.74) is 0.445. The van der Waals surface area contributed by atoms with Gasteiger partial charge in [-0.3, -0.25) is 4.79 Å². The summed E-state index contributed by atoms with van der Waals surface area (Å²) >= 11 is 0. The van der Waals surface area contributed by atoms with Gasteiger partial charge in [0, 0.05) is 18.5 Å².